The number of benzene rings is 2. The molecule has 0 saturated carbocycles. The highest BCUT2D eigenvalue weighted by molar-refractivity contribution is 6.30. The second-order valence-corrected chi connectivity index (χ2v) is 8.20. The van der Waals surface area contributed by atoms with Gasteiger partial charge in [0.05, 0.1) is 28.7 Å². The molecule has 2 aromatic carbocycles. The number of carbonyl (C=O) groups is 1. The molecule has 2 N–H and O–H groups in total. The molecule has 7 nitrogen and oxygen atoms in total. The molecular formula is C22H23ClN6O. The standard InChI is InChI=1S/C22H23ClN6O/c1-28(2)17-7-8-29(13-17)16-4-6-19-20(10-16)26-21(25-19)11-22(30)27-18-5-3-15(23)9-14(18)12-24/h3-6,9-10,17H,7-8,11,13H2,1-2H3,(H,25,26)(H,27,30). The molecule has 4 rings (SSSR count). The summed E-state index contributed by atoms with van der Waals surface area (Å²) in [5.74, 6) is 0.334. The van der Waals surface area contributed by atoms with E-state index < -0.39 is 0 Å². The lowest BCUT2D eigenvalue weighted by Gasteiger charge is -2.21. The van der Waals surface area contributed by atoms with Crippen molar-refractivity contribution in [2.75, 3.05) is 37.4 Å². The predicted molar refractivity (Wildman–Crippen MR) is 119 cm³/mol. The van der Waals surface area contributed by atoms with E-state index in [0.29, 0.717) is 28.1 Å². The van der Waals surface area contributed by atoms with Gasteiger partial charge in [-0.15, -0.1) is 0 Å². The third-order valence-electron chi connectivity index (χ3n) is 5.48. The van der Waals surface area contributed by atoms with E-state index in [4.69, 9.17) is 11.6 Å². The van der Waals surface area contributed by atoms with Gasteiger partial charge in [0.1, 0.15) is 11.9 Å². The van der Waals surface area contributed by atoms with Gasteiger partial charge in [0.2, 0.25) is 5.91 Å². The number of amides is 1. The minimum atomic E-state index is -0.249. The van der Waals surface area contributed by atoms with Crippen LogP contribution in [-0.4, -0.2) is 54.0 Å². The van der Waals surface area contributed by atoms with E-state index in [1.54, 1.807) is 12.1 Å². The lowest BCUT2D eigenvalue weighted by atomic mass is 10.2. The third kappa shape index (κ3) is 4.25. The molecule has 8 heteroatoms. The first kappa shape index (κ1) is 20.2. The zero-order chi connectivity index (χ0) is 21.3. The maximum Gasteiger partial charge on any atom is 0.231 e. The van der Waals surface area contributed by atoms with Crippen LogP contribution in [0.2, 0.25) is 5.02 Å². The fourth-order valence-corrected chi connectivity index (χ4v) is 3.96. The average Bonchev–Trinajstić information content (AvgIpc) is 3.35. The zero-order valence-electron chi connectivity index (χ0n) is 16.9. The number of aromatic amines is 1. The number of fused-ring (bicyclic) bond motifs is 1. The smallest absolute Gasteiger partial charge is 0.231 e. The van der Waals surface area contributed by atoms with Crippen LogP contribution in [0.3, 0.4) is 0 Å². The predicted octanol–water partition coefficient (Wildman–Crippen LogP) is 3.41. The molecule has 154 valence electrons. The molecule has 1 aliphatic heterocycles. The molecule has 1 atom stereocenters. The fourth-order valence-electron chi connectivity index (χ4n) is 3.79. The van der Waals surface area contributed by atoms with Crippen LogP contribution in [0.25, 0.3) is 11.0 Å². The van der Waals surface area contributed by atoms with E-state index in [-0.39, 0.29) is 12.3 Å². The van der Waals surface area contributed by atoms with Crippen molar-refractivity contribution >= 4 is 39.9 Å². The Labute approximate surface area is 180 Å². The van der Waals surface area contributed by atoms with Crippen LogP contribution in [0.1, 0.15) is 17.8 Å². The number of nitriles is 1. The molecule has 1 saturated heterocycles. The minimum absolute atomic E-state index is 0.0872. The van der Waals surface area contributed by atoms with Gasteiger partial charge in [-0.2, -0.15) is 5.26 Å². The van der Waals surface area contributed by atoms with Crippen molar-refractivity contribution < 1.29 is 4.79 Å². The number of halogens is 1. The monoisotopic (exact) mass is 422 g/mol. The highest BCUT2D eigenvalue weighted by atomic mass is 35.5. The number of rotatable bonds is 5. The molecule has 0 bridgehead atoms. The van der Waals surface area contributed by atoms with Crippen LogP contribution >= 0.6 is 11.6 Å². The third-order valence-corrected chi connectivity index (χ3v) is 5.71. The van der Waals surface area contributed by atoms with Crippen molar-refractivity contribution in [3.8, 4) is 6.07 Å². The van der Waals surface area contributed by atoms with E-state index in [0.717, 1.165) is 36.2 Å². The number of imidazole rings is 1. The molecule has 2 heterocycles. The van der Waals surface area contributed by atoms with Gasteiger partial charge in [0.25, 0.3) is 0 Å². The Morgan fingerprint density at radius 3 is 2.93 bits per heavy atom. The second kappa shape index (κ2) is 8.34. The summed E-state index contributed by atoms with van der Waals surface area (Å²) in [5, 5.41) is 12.4. The van der Waals surface area contributed by atoms with Crippen LogP contribution in [0, 0.1) is 11.3 Å². The zero-order valence-corrected chi connectivity index (χ0v) is 17.7. The number of carbonyl (C=O) groups excluding carboxylic acids is 1. The van der Waals surface area contributed by atoms with E-state index >= 15 is 0 Å². The number of hydrogen-bond acceptors (Lipinski definition) is 5. The quantitative estimate of drug-likeness (QED) is 0.657. The van der Waals surface area contributed by atoms with Gasteiger partial charge in [0.15, 0.2) is 0 Å². The Balaban J connectivity index is 1.46. The molecule has 3 aromatic rings. The van der Waals surface area contributed by atoms with Gasteiger partial charge in [-0.3, -0.25) is 4.79 Å². The first-order chi connectivity index (χ1) is 14.4. The Kier molecular flexibility index (Phi) is 5.62. The minimum Gasteiger partial charge on any atom is -0.370 e. The molecule has 1 aliphatic rings. The maximum atomic E-state index is 12.5. The Bertz CT molecular complexity index is 1130. The Morgan fingerprint density at radius 1 is 1.37 bits per heavy atom. The SMILES string of the molecule is CN(C)C1CCN(c2ccc3[nH]c(CC(=O)Nc4ccc(Cl)cc4C#N)nc3c2)C1. The number of nitrogens with zero attached hydrogens (tertiary/aromatic N) is 4. The molecule has 0 radical (unpaired) electrons. The summed E-state index contributed by atoms with van der Waals surface area (Å²) >= 11 is 5.91. The van der Waals surface area contributed by atoms with Crippen molar-refractivity contribution in [2.24, 2.45) is 0 Å². The number of H-pyrrole nitrogens is 1. The van der Waals surface area contributed by atoms with Gasteiger partial charge in [-0.1, -0.05) is 11.6 Å². The van der Waals surface area contributed by atoms with Crippen LogP contribution in [0.4, 0.5) is 11.4 Å². The van der Waals surface area contributed by atoms with Crippen LogP contribution in [-0.2, 0) is 11.2 Å². The summed E-state index contributed by atoms with van der Waals surface area (Å²) in [6.45, 7) is 2.02. The summed E-state index contributed by atoms with van der Waals surface area (Å²) in [5.41, 5.74) is 3.65. The largest absolute Gasteiger partial charge is 0.370 e. The van der Waals surface area contributed by atoms with Crippen LogP contribution in [0.5, 0.6) is 0 Å². The van der Waals surface area contributed by atoms with Gasteiger partial charge in [-0.05, 0) is 56.9 Å². The van der Waals surface area contributed by atoms with Crippen molar-refractivity contribution in [3.05, 3.63) is 52.8 Å². The lowest BCUT2D eigenvalue weighted by molar-refractivity contribution is -0.115. The number of likely N-dealkylation sites (N-methyl/N-ethyl adjacent to an activating group) is 1. The average molecular weight is 423 g/mol. The van der Waals surface area contributed by atoms with Crippen molar-refractivity contribution in [3.63, 3.8) is 0 Å². The summed E-state index contributed by atoms with van der Waals surface area (Å²) < 4.78 is 0. The van der Waals surface area contributed by atoms with E-state index in [1.165, 1.54) is 6.07 Å². The summed E-state index contributed by atoms with van der Waals surface area (Å²) in [6, 6.07) is 13.6. The molecule has 1 aromatic heterocycles. The summed E-state index contributed by atoms with van der Waals surface area (Å²) in [7, 11) is 4.23. The number of anilines is 2. The molecule has 30 heavy (non-hydrogen) atoms. The van der Waals surface area contributed by atoms with Crippen molar-refractivity contribution in [2.45, 2.75) is 18.9 Å². The first-order valence-electron chi connectivity index (χ1n) is 9.82. The van der Waals surface area contributed by atoms with Gasteiger partial charge in [0, 0.05) is 29.8 Å². The molecule has 0 spiro atoms. The van der Waals surface area contributed by atoms with Crippen molar-refractivity contribution in [1.82, 2.24) is 14.9 Å². The first-order valence-corrected chi connectivity index (χ1v) is 10.2. The van der Waals surface area contributed by atoms with Gasteiger partial charge >= 0.3 is 0 Å². The summed E-state index contributed by atoms with van der Waals surface area (Å²) in [6.07, 6.45) is 1.23. The van der Waals surface area contributed by atoms with Gasteiger partial charge < -0.3 is 20.1 Å². The molecule has 0 aliphatic carbocycles. The van der Waals surface area contributed by atoms with Gasteiger partial charge in [-0.25, -0.2) is 4.98 Å². The molecular weight excluding hydrogens is 400 g/mol. The van der Waals surface area contributed by atoms with Crippen molar-refractivity contribution in [1.29, 1.82) is 5.26 Å². The maximum absolute atomic E-state index is 12.5. The highest BCUT2D eigenvalue weighted by Crippen LogP contribution is 2.26. The fraction of sp³-hybridized carbons (Fsp3) is 0.318. The van der Waals surface area contributed by atoms with Crippen LogP contribution < -0.4 is 10.2 Å². The molecule has 1 fully saturated rings. The number of hydrogen-bond donors (Lipinski definition) is 2. The molecule has 1 amide bonds. The van der Waals surface area contributed by atoms with E-state index in [2.05, 4.69) is 51.3 Å². The summed E-state index contributed by atoms with van der Waals surface area (Å²) in [4.78, 5) is 24.9. The Morgan fingerprint density at radius 2 is 2.20 bits per heavy atom. The topological polar surface area (TPSA) is 88.0 Å². The van der Waals surface area contributed by atoms with E-state index in [1.807, 2.05) is 12.1 Å². The second-order valence-electron chi connectivity index (χ2n) is 7.76. The number of aromatic nitrogens is 2. The Hall–Kier alpha value is -3.08. The lowest BCUT2D eigenvalue weighted by Crippen LogP contribution is -2.31. The highest BCUT2D eigenvalue weighted by Gasteiger charge is 2.24. The number of nitrogens with one attached hydrogen (secondary N) is 2. The van der Waals surface area contributed by atoms with Crippen LogP contribution in [0.15, 0.2) is 36.4 Å². The van der Waals surface area contributed by atoms with E-state index in [9.17, 15) is 10.1 Å². The molecule has 1 unspecified atom stereocenters. The normalized spacial score (nSPS) is 16.2.